The van der Waals surface area contributed by atoms with Crippen LogP contribution in [0.2, 0.25) is 0 Å². The van der Waals surface area contributed by atoms with Gasteiger partial charge in [0.15, 0.2) is 5.25 Å². The van der Waals surface area contributed by atoms with E-state index in [4.69, 9.17) is 5.11 Å². The van der Waals surface area contributed by atoms with Gasteiger partial charge >= 0.3 is 5.97 Å². The van der Waals surface area contributed by atoms with Gasteiger partial charge < -0.3 is 10.4 Å². The number of carboxylic acid groups (broad SMARTS) is 1. The minimum absolute atomic E-state index is 0.194. The molecule has 0 spiro atoms. The molecule has 2 aliphatic rings. The predicted octanol–water partition coefficient (Wildman–Crippen LogP) is -0.527. The third-order valence-electron chi connectivity index (χ3n) is 3.72. The second-order valence-electron chi connectivity index (χ2n) is 4.81. The van der Waals surface area contributed by atoms with Gasteiger partial charge in [0.25, 0.3) is 0 Å². The highest BCUT2D eigenvalue weighted by Gasteiger charge is 2.43. The molecule has 17 heavy (non-hydrogen) atoms. The van der Waals surface area contributed by atoms with Crippen molar-refractivity contribution in [1.29, 1.82) is 0 Å². The third-order valence-corrected chi connectivity index (χ3v) is 5.83. The summed E-state index contributed by atoms with van der Waals surface area (Å²) in [4.78, 5) is 10.8. The molecule has 2 aliphatic heterocycles. The molecule has 2 rings (SSSR count). The number of carboxylic acids is 1. The van der Waals surface area contributed by atoms with Gasteiger partial charge in [0.2, 0.25) is 10.0 Å². The molecule has 2 fully saturated rings. The van der Waals surface area contributed by atoms with E-state index in [1.807, 2.05) is 0 Å². The van der Waals surface area contributed by atoms with Gasteiger partial charge in [-0.25, -0.2) is 8.42 Å². The van der Waals surface area contributed by atoms with E-state index in [9.17, 15) is 13.2 Å². The first-order valence-electron chi connectivity index (χ1n) is 5.88. The summed E-state index contributed by atoms with van der Waals surface area (Å²) in [5.74, 6) is -0.952. The van der Waals surface area contributed by atoms with Crippen molar-refractivity contribution >= 4 is 16.0 Å². The number of carbonyl (C=O) groups is 1. The molecular weight excluding hydrogens is 244 g/mol. The van der Waals surface area contributed by atoms with E-state index in [1.165, 1.54) is 11.2 Å². The summed E-state index contributed by atoms with van der Waals surface area (Å²) in [5.41, 5.74) is 0. The smallest absolute Gasteiger partial charge is 0.323 e. The van der Waals surface area contributed by atoms with E-state index in [0.717, 1.165) is 19.4 Å². The molecule has 0 aromatic rings. The number of fused-ring (bicyclic) bond motifs is 1. The van der Waals surface area contributed by atoms with Crippen molar-refractivity contribution in [1.82, 2.24) is 9.62 Å². The van der Waals surface area contributed by atoms with Crippen LogP contribution in [0.1, 0.15) is 19.8 Å². The van der Waals surface area contributed by atoms with Crippen molar-refractivity contribution in [3.05, 3.63) is 0 Å². The van der Waals surface area contributed by atoms with E-state index < -0.39 is 21.2 Å². The molecule has 6 nitrogen and oxygen atoms in total. The van der Waals surface area contributed by atoms with E-state index >= 15 is 0 Å². The molecule has 3 atom stereocenters. The summed E-state index contributed by atoms with van der Waals surface area (Å²) >= 11 is 0. The monoisotopic (exact) mass is 262 g/mol. The molecule has 7 heteroatoms. The number of aliphatic carboxylic acids is 1. The van der Waals surface area contributed by atoms with Gasteiger partial charge in [-0.05, 0) is 32.2 Å². The van der Waals surface area contributed by atoms with Crippen LogP contribution >= 0.6 is 0 Å². The molecule has 0 aliphatic carbocycles. The van der Waals surface area contributed by atoms with Crippen LogP contribution in [0.15, 0.2) is 0 Å². The lowest BCUT2D eigenvalue weighted by molar-refractivity contribution is -0.136. The lowest BCUT2D eigenvalue weighted by Gasteiger charge is -2.24. The number of rotatable bonds is 3. The summed E-state index contributed by atoms with van der Waals surface area (Å²) in [5, 5.41) is 10.8. The molecule has 3 unspecified atom stereocenters. The predicted molar refractivity (Wildman–Crippen MR) is 62.1 cm³/mol. The fourth-order valence-corrected chi connectivity index (χ4v) is 4.04. The maximum atomic E-state index is 12.0. The Bertz CT molecular complexity index is 395. The van der Waals surface area contributed by atoms with Crippen LogP contribution in [-0.4, -0.2) is 54.7 Å². The van der Waals surface area contributed by atoms with Gasteiger partial charge in [0.1, 0.15) is 0 Å². The Morgan fingerprint density at radius 3 is 2.76 bits per heavy atom. The van der Waals surface area contributed by atoms with Gasteiger partial charge in [-0.3, -0.25) is 4.79 Å². The zero-order valence-corrected chi connectivity index (χ0v) is 10.6. The second-order valence-corrected chi connectivity index (χ2v) is 7.06. The zero-order chi connectivity index (χ0) is 12.6. The average molecular weight is 262 g/mol. The molecule has 0 saturated carbocycles. The zero-order valence-electron chi connectivity index (χ0n) is 9.80. The van der Waals surface area contributed by atoms with Crippen molar-refractivity contribution in [2.45, 2.75) is 31.1 Å². The second kappa shape index (κ2) is 4.55. The fraction of sp³-hybridized carbons (Fsp3) is 0.900. The molecule has 0 radical (unpaired) electrons. The van der Waals surface area contributed by atoms with Crippen molar-refractivity contribution in [3.8, 4) is 0 Å². The van der Waals surface area contributed by atoms with Gasteiger partial charge in [0, 0.05) is 19.1 Å². The van der Waals surface area contributed by atoms with E-state index in [2.05, 4.69) is 5.32 Å². The largest absolute Gasteiger partial charge is 0.480 e. The van der Waals surface area contributed by atoms with Crippen LogP contribution < -0.4 is 5.32 Å². The molecule has 0 aromatic heterocycles. The van der Waals surface area contributed by atoms with Crippen LogP contribution in [0.3, 0.4) is 0 Å². The van der Waals surface area contributed by atoms with E-state index in [0.29, 0.717) is 19.0 Å². The first-order valence-corrected chi connectivity index (χ1v) is 7.38. The quantitative estimate of drug-likeness (QED) is 0.714. The summed E-state index contributed by atoms with van der Waals surface area (Å²) < 4.78 is 25.4. The Morgan fingerprint density at radius 2 is 2.18 bits per heavy atom. The number of nitrogens with zero attached hydrogens (tertiary/aromatic N) is 1. The molecular formula is C10H18N2O4S. The van der Waals surface area contributed by atoms with Crippen LogP contribution in [0, 0.1) is 5.92 Å². The van der Waals surface area contributed by atoms with Gasteiger partial charge in [-0.2, -0.15) is 4.31 Å². The van der Waals surface area contributed by atoms with E-state index in [-0.39, 0.29) is 6.04 Å². The summed E-state index contributed by atoms with van der Waals surface area (Å²) in [7, 11) is -3.70. The number of hydrogen-bond acceptors (Lipinski definition) is 4. The van der Waals surface area contributed by atoms with Gasteiger partial charge in [-0.15, -0.1) is 0 Å². The standard InChI is InChI=1S/C10H18N2O4S/c1-7(10(13)14)17(15,16)12-5-8-3-2-4-11-9(8)6-12/h7-9,11H,2-6H2,1H3,(H,13,14). The molecule has 2 heterocycles. The molecule has 0 aromatic carbocycles. The summed E-state index contributed by atoms with van der Waals surface area (Å²) in [6.07, 6.45) is 2.08. The highest BCUT2D eigenvalue weighted by molar-refractivity contribution is 7.90. The van der Waals surface area contributed by atoms with Gasteiger partial charge in [0.05, 0.1) is 0 Å². The van der Waals surface area contributed by atoms with Crippen molar-refractivity contribution < 1.29 is 18.3 Å². The maximum absolute atomic E-state index is 12.0. The highest BCUT2D eigenvalue weighted by atomic mass is 32.2. The summed E-state index contributed by atoms with van der Waals surface area (Å²) in [6.45, 7) is 3.01. The van der Waals surface area contributed by atoms with Crippen LogP contribution in [0.5, 0.6) is 0 Å². The first-order chi connectivity index (χ1) is 7.93. The number of nitrogens with one attached hydrogen (secondary N) is 1. The Labute approximate surface area is 101 Å². The maximum Gasteiger partial charge on any atom is 0.323 e. The Hall–Kier alpha value is -0.660. The highest BCUT2D eigenvalue weighted by Crippen LogP contribution is 2.28. The fourth-order valence-electron chi connectivity index (χ4n) is 2.57. The topological polar surface area (TPSA) is 86.7 Å². The van der Waals surface area contributed by atoms with Crippen molar-refractivity contribution in [2.75, 3.05) is 19.6 Å². The number of piperidine rings is 1. The van der Waals surface area contributed by atoms with Crippen LogP contribution in [-0.2, 0) is 14.8 Å². The average Bonchev–Trinajstić information content (AvgIpc) is 2.71. The molecule has 0 bridgehead atoms. The molecule has 2 N–H and O–H groups in total. The summed E-state index contributed by atoms with van der Waals surface area (Å²) in [6, 6.07) is 0.194. The van der Waals surface area contributed by atoms with Crippen molar-refractivity contribution in [3.63, 3.8) is 0 Å². The normalized spacial score (nSPS) is 32.1. The van der Waals surface area contributed by atoms with Crippen LogP contribution in [0.4, 0.5) is 0 Å². The Balaban J connectivity index is 2.11. The lowest BCUT2D eigenvalue weighted by atomic mass is 9.94. The van der Waals surface area contributed by atoms with Gasteiger partial charge in [-0.1, -0.05) is 0 Å². The number of hydrogen-bond donors (Lipinski definition) is 2. The molecule has 2 saturated heterocycles. The third kappa shape index (κ3) is 2.31. The number of sulfonamides is 1. The van der Waals surface area contributed by atoms with Crippen molar-refractivity contribution in [2.24, 2.45) is 5.92 Å². The molecule has 98 valence electrons. The molecule has 0 amide bonds. The SMILES string of the molecule is CC(C(=O)O)S(=O)(=O)N1CC2CCCNC2C1. The Kier molecular flexibility index (Phi) is 3.42. The Morgan fingerprint density at radius 1 is 1.47 bits per heavy atom. The van der Waals surface area contributed by atoms with E-state index in [1.54, 1.807) is 0 Å². The minimum Gasteiger partial charge on any atom is -0.480 e. The minimum atomic E-state index is -3.70. The van der Waals surface area contributed by atoms with Crippen LogP contribution in [0.25, 0.3) is 0 Å². The lowest BCUT2D eigenvalue weighted by Crippen LogP contribution is -2.42. The first kappa shape index (κ1) is 12.8.